The van der Waals surface area contributed by atoms with Crippen LogP contribution in [0, 0.1) is 5.92 Å². The maximum absolute atomic E-state index is 14.3. The summed E-state index contributed by atoms with van der Waals surface area (Å²) in [4.78, 5) is 1.05. The third kappa shape index (κ3) is 3.43. The molecule has 5 heteroatoms. The summed E-state index contributed by atoms with van der Waals surface area (Å²) in [5.74, 6) is 0.0454. The minimum atomic E-state index is -4.27. The van der Waals surface area contributed by atoms with E-state index in [4.69, 9.17) is 0 Å². The minimum absolute atomic E-state index is 0.0454. The first-order valence-corrected chi connectivity index (χ1v) is 12.5. The minimum Gasteiger partial charge on any atom is -0.160 e. The number of rotatable bonds is 1. The van der Waals surface area contributed by atoms with Gasteiger partial charge in [-0.3, -0.25) is 0 Å². The smallest absolute Gasteiger partial charge is 0.160 e. The molecule has 1 aromatic carbocycles. The Morgan fingerprint density at radius 1 is 1.00 bits per heavy atom. The summed E-state index contributed by atoms with van der Waals surface area (Å²) in [6.07, 6.45) is 7.95. The first-order chi connectivity index (χ1) is 11.5. The van der Waals surface area contributed by atoms with Gasteiger partial charge in [-0.25, -0.2) is 0 Å². The van der Waals surface area contributed by atoms with Crippen LogP contribution in [-0.2, 0) is 5.41 Å². The average molecular weight is 435 g/mol. The molecule has 1 fully saturated rings. The number of hydrogen-bond donors (Lipinski definition) is 0. The van der Waals surface area contributed by atoms with E-state index in [0.717, 1.165) is 49.7 Å². The SMILES string of the molecule is CC(C)(C)c1ccc2c(c1)S(Br)(C(F)(F)F)C(C1CCCCCC1)=C2. The highest BCUT2D eigenvalue weighted by Crippen LogP contribution is 2.82. The summed E-state index contributed by atoms with van der Waals surface area (Å²) >= 11 is 3.28. The summed E-state index contributed by atoms with van der Waals surface area (Å²) in [5.41, 5.74) is -2.73. The van der Waals surface area contributed by atoms with Crippen LogP contribution >= 0.6 is 23.3 Å². The predicted octanol–water partition coefficient (Wildman–Crippen LogP) is 8.30. The van der Waals surface area contributed by atoms with Crippen LogP contribution in [0.2, 0.25) is 0 Å². The molecular weight excluding hydrogens is 409 g/mol. The second-order valence-corrected chi connectivity index (χ2v) is 13.6. The highest BCUT2D eigenvalue weighted by atomic mass is 79.9. The van der Waals surface area contributed by atoms with Crippen molar-refractivity contribution in [3.8, 4) is 0 Å². The van der Waals surface area contributed by atoms with Crippen molar-refractivity contribution in [3.05, 3.63) is 34.2 Å². The largest absolute Gasteiger partial charge is 0.442 e. The van der Waals surface area contributed by atoms with Crippen LogP contribution in [-0.4, -0.2) is 5.51 Å². The third-order valence-electron chi connectivity index (χ3n) is 5.38. The Balaban J connectivity index is 2.11. The van der Waals surface area contributed by atoms with Crippen LogP contribution in [0.15, 0.2) is 28.0 Å². The number of hydrogen-bond acceptors (Lipinski definition) is 0. The molecule has 3 rings (SSSR count). The van der Waals surface area contributed by atoms with Gasteiger partial charge in [-0.05, 0) is 75.6 Å². The Kier molecular flexibility index (Phi) is 5.13. The number of alkyl halides is 3. The molecule has 25 heavy (non-hydrogen) atoms. The van der Waals surface area contributed by atoms with Crippen molar-refractivity contribution in [2.75, 3.05) is 0 Å². The van der Waals surface area contributed by atoms with Gasteiger partial charge in [0.05, 0.1) is 0 Å². The molecule has 0 amide bonds. The van der Waals surface area contributed by atoms with E-state index in [2.05, 4.69) is 14.8 Å². The first-order valence-electron chi connectivity index (χ1n) is 9.00. The lowest BCUT2D eigenvalue weighted by Crippen LogP contribution is -2.20. The van der Waals surface area contributed by atoms with Crippen LogP contribution < -0.4 is 0 Å². The van der Waals surface area contributed by atoms with E-state index in [1.165, 1.54) is 0 Å². The lowest BCUT2D eigenvalue weighted by molar-refractivity contribution is -0.0357. The first kappa shape index (κ1) is 19.3. The fourth-order valence-electron chi connectivity index (χ4n) is 3.89. The molecule has 140 valence electrons. The van der Waals surface area contributed by atoms with E-state index in [-0.39, 0.29) is 11.3 Å². The highest BCUT2D eigenvalue weighted by Gasteiger charge is 2.56. The number of halogens is 4. The van der Waals surface area contributed by atoms with Gasteiger partial charge in [0.25, 0.3) is 0 Å². The molecule has 1 heterocycles. The van der Waals surface area contributed by atoms with Crippen molar-refractivity contribution >= 4 is 29.4 Å². The zero-order valence-electron chi connectivity index (χ0n) is 15.0. The van der Waals surface area contributed by atoms with Crippen LogP contribution in [0.5, 0.6) is 0 Å². The van der Waals surface area contributed by atoms with Gasteiger partial charge in [-0.15, -0.1) is 0 Å². The molecule has 2 aliphatic rings. The Morgan fingerprint density at radius 2 is 1.60 bits per heavy atom. The Hall–Kier alpha value is -0.420. The monoisotopic (exact) mass is 434 g/mol. The van der Waals surface area contributed by atoms with Crippen molar-refractivity contribution in [2.45, 2.75) is 75.1 Å². The molecule has 0 N–H and O–H groups in total. The molecule has 0 bridgehead atoms. The molecule has 1 saturated carbocycles. The van der Waals surface area contributed by atoms with E-state index in [1.807, 2.05) is 39.0 Å². The van der Waals surface area contributed by atoms with Crippen molar-refractivity contribution in [2.24, 2.45) is 5.92 Å². The van der Waals surface area contributed by atoms with Crippen molar-refractivity contribution in [3.63, 3.8) is 0 Å². The van der Waals surface area contributed by atoms with Gasteiger partial charge in [0.1, 0.15) is 0 Å². The van der Waals surface area contributed by atoms with Crippen LogP contribution in [0.25, 0.3) is 6.08 Å². The quantitative estimate of drug-likeness (QED) is 0.389. The molecule has 1 aliphatic heterocycles. The van der Waals surface area contributed by atoms with E-state index in [9.17, 15) is 13.2 Å². The Bertz CT molecular complexity index is 679. The van der Waals surface area contributed by atoms with Crippen LogP contribution in [0.4, 0.5) is 13.2 Å². The second-order valence-electron chi connectivity index (χ2n) is 8.22. The van der Waals surface area contributed by atoms with Crippen molar-refractivity contribution in [1.82, 2.24) is 0 Å². The molecule has 1 aromatic rings. The topological polar surface area (TPSA) is 0 Å². The van der Waals surface area contributed by atoms with Gasteiger partial charge in [0, 0.05) is 4.90 Å². The van der Waals surface area contributed by atoms with E-state index < -0.39 is 14.0 Å². The van der Waals surface area contributed by atoms with Gasteiger partial charge in [0.15, 0.2) is 0 Å². The Morgan fingerprint density at radius 3 is 2.12 bits per heavy atom. The van der Waals surface area contributed by atoms with E-state index in [0.29, 0.717) is 9.80 Å². The lowest BCUT2D eigenvalue weighted by atomic mass is 9.86. The van der Waals surface area contributed by atoms with Gasteiger partial charge >= 0.3 is 5.51 Å². The zero-order chi connectivity index (χ0) is 18.5. The molecule has 1 aliphatic carbocycles. The van der Waals surface area contributed by atoms with E-state index in [1.54, 1.807) is 6.07 Å². The fourth-order valence-corrected chi connectivity index (χ4v) is 8.31. The summed E-state index contributed by atoms with van der Waals surface area (Å²) in [6.45, 7) is 6.13. The summed E-state index contributed by atoms with van der Waals surface area (Å²) in [7, 11) is -3.15. The maximum Gasteiger partial charge on any atom is 0.442 e. The number of benzene rings is 1. The summed E-state index contributed by atoms with van der Waals surface area (Å²) in [6, 6.07) is 5.66. The summed E-state index contributed by atoms with van der Waals surface area (Å²) in [5, 5.41) is 0. The highest BCUT2D eigenvalue weighted by molar-refractivity contribution is 9.59. The summed E-state index contributed by atoms with van der Waals surface area (Å²) < 4.78 is 42.9. The molecule has 0 spiro atoms. The van der Waals surface area contributed by atoms with Gasteiger partial charge < -0.3 is 0 Å². The molecule has 0 aromatic heterocycles. The number of allylic oxidation sites excluding steroid dienone is 1. The van der Waals surface area contributed by atoms with Crippen molar-refractivity contribution < 1.29 is 13.2 Å². The third-order valence-corrected chi connectivity index (χ3v) is 11.3. The normalized spacial score (nSPS) is 28.0. The molecule has 1 unspecified atom stereocenters. The fraction of sp³-hybridized carbons (Fsp3) is 0.600. The predicted molar refractivity (Wildman–Crippen MR) is 105 cm³/mol. The standard InChI is InChI=1S/C20H26BrF3S/c1-19(2,3)16-11-10-15-12-17(14-8-6-4-5-7-9-14)25(21,18(15)13-16)20(22,23)24/h10-14H,4-9H2,1-3H3. The van der Waals surface area contributed by atoms with Gasteiger partial charge in [-0.1, -0.05) is 58.6 Å². The van der Waals surface area contributed by atoms with Crippen LogP contribution in [0.1, 0.15) is 70.4 Å². The molecule has 0 nitrogen and oxygen atoms in total. The molecule has 0 radical (unpaired) electrons. The second kappa shape index (κ2) is 6.63. The van der Waals surface area contributed by atoms with Gasteiger partial charge in [-0.2, -0.15) is 13.2 Å². The molecule has 0 saturated heterocycles. The van der Waals surface area contributed by atoms with Gasteiger partial charge in [0.2, 0.25) is 0 Å². The maximum atomic E-state index is 14.3. The number of fused-ring (bicyclic) bond motifs is 1. The Labute approximate surface area is 157 Å². The van der Waals surface area contributed by atoms with Crippen LogP contribution in [0.3, 0.4) is 0 Å². The van der Waals surface area contributed by atoms with E-state index >= 15 is 0 Å². The molecule has 1 atom stereocenters. The lowest BCUT2D eigenvalue weighted by Gasteiger charge is -2.38. The molecular formula is C20H26BrF3S. The van der Waals surface area contributed by atoms with Crippen molar-refractivity contribution in [1.29, 1.82) is 0 Å². The zero-order valence-corrected chi connectivity index (χ0v) is 17.5. The average Bonchev–Trinajstić information content (AvgIpc) is 2.67.